The number of fused-ring (bicyclic) bond motifs is 1. The number of carbonyl (C=O) groups excluding carboxylic acids is 1. The number of hydrogen-bond acceptors (Lipinski definition) is 2. The van der Waals surface area contributed by atoms with Crippen LogP contribution in [0.5, 0.6) is 0 Å². The summed E-state index contributed by atoms with van der Waals surface area (Å²) < 4.78 is 0. The summed E-state index contributed by atoms with van der Waals surface area (Å²) in [5.74, 6) is 0.204. The van der Waals surface area contributed by atoms with Gasteiger partial charge in [0.1, 0.15) is 0 Å². The Bertz CT molecular complexity index is 877. The summed E-state index contributed by atoms with van der Waals surface area (Å²) in [6, 6.07) is 19.3. The van der Waals surface area contributed by atoms with Crippen molar-refractivity contribution >= 4 is 28.0 Å². The monoisotopic (exact) mass is 335 g/mol. The molecule has 1 fully saturated rings. The predicted molar refractivity (Wildman–Crippen MR) is 101 cm³/mol. The molecule has 0 aliphatic carbocycles. The van der Waals surface area contributed by atoms with E-state index in [0.717, 1.165) is 30.7 Å². The number of rotatable bonds is 3. The predicted octanol–water partition coefficient (Wildman–Crippen LogP) is 5.06. The third-order valence-electron chi connectivity index (χ3n) is 4.92. The number of amides is 1. The summed E-state index contributed by atoms with van der Waals surface area (Å²) in [7, 11) is 0. The number of aryl methyl sites for hydroxylation is 1. The van der Waals surface area contributed by atoms with Crippen LogP contribution in [0.25, 0.3) is 10.8 Å². The Morgan fingerprint density at radius 1 is 1.12 bits per heavy atom. The Morgan fingerprint density at radius 2 is 1.96 bits per heavy atom. The van der Waals surface area contributed by atoms with Gasteiger partial charge in [0.05, 0.1) is 4.88 Å². The first kappa shape index (κ1) is 15.4. The first-order valence-electron chi connectivity index (χ1n) is 8.56. The molecule has 0 spiro atoms. The molecule has 0 saturated carbocycles. The molecule has 1 aliphatic heterocycles. The highest BCUT2D eigenvalue weighted by atomic mass is 32.1. The van der Waals surface area contributed by atoms with Crippen LogP contribution < -0.4 is 0 Å². The third-order valence-corrected chi connectivity index (χ3v) is 5.91. The van der Waals surface area contributed by atoms with E-state index in [1.54, 1.807) is 11.3 Å². The Kier molecular flexibility index (Phi) is 4.11. The average molecular weight is 335 g/mol. The maximum atomic E-state index is 12.9. The fourth-order valence-corrected chi connectivity index (χ4v) is 4.55. The fraction of sp³-hybridized carbons (Fsp3) is 0.286. The maximum Gasteiger partial charge on any atom is 0.264 e. The number of hydrogen-bond donors (Lipinski definition) is 0. The highest BCUT2D eigenvalue weighted by molar-refractivity contribution is 7.13. The fourth-order valence-electron chi connectivity index (χ4n) is 3.73. The van der Waals surface area contributed by atoms with E-state index < -0.39 is 0 Å². The van der Waals surface area contributed by atoms with Gasteiger partial charge in [0, 0.05) is 17.5 Å². The van der Waals surface area contributed by atoms with Crippen molar-refractivity contribution in [1.82, 2.24) is 4.90 Å². The Balaban J connectivity index is 1.60. The second kappa shape index (κ2) is 6.40. The van der Waals surface area contributed by atoms with Gasteiger partial charge in [-0.15, -0.1) is 11.3 Å². The summed E-state index contributed by atoms with van der Waals surface area (Å²) in [6.45, 7) is 2.93. The largest absolute Gasteiger partial charge is 0.335 e. The molecule has 122 valence electrons. The third kappa shape index (κ3) is 2.84. The molecule has 0 radical (unpaired) electrons. The van der Waals surface area contributed by atoms with Crippen molar-refractivity contribution in [2.24, 2.45) is 0 Å². The molecule has 1 atom stereocenters. The highest BCUT2D eigenvalue weighted by Crippen LogP contribution is 2.28. The average Bonchev–Trinajstić information content (AvgIpc) is 3.24. The van der Waals surface area contributed by atoms with Crippen molar-refractivity contribution < 1.29 is 4.79 Å². The van der Waals surface area contributed by atoms with Crippen molar-refractivity contribution in [3.8, 4) is 0 Å². The van der Waals surface area contributed by atoms with Gasteiger partial charge in [0.2, 0.25) is 0 Å². The second-order valence-electron chi connectivity index (χ2n) is 6.55. The minimum atomic E-state index is 0.204. The standard InChI is InChI=1S/C21H21NOS/c1-15-11-12-20(24-15)21(23)22-13-5-9-18(22)14-17-8-4-7-16-6-2-3-10-19(16)17/h2-4,6-8,10-12,18H,5,9,13-14H2,1H3/t18-/m0/s1. The molecule has 24 heavy (non-hydrogen) atoms. The van der Waals surface area contributed by atoms with Gasteiger partial charge in [-0.05, 0) is 54.7 Å². The summed E-state index contributed by atoms with van der Waals surface area (Å²) in [5, 5.41) is 2.59. The van der Waals surface area contributed by atoms with Crippen LogP contribution in [0.1, 0.15) is 33.0 Å². The van der Waals surface area contributed by atoms with Crippen LogP contribution in [0.4, 0.5) is 0 Å². The van der Waals surface area contributed by atoms with Gasteiger partial charge >= 0.3 is 0 Å². The lowest BCUT2D eigenvalue weighted by Gasteiger charge is -2.25. The van der Waals surface area contributed by atoms with E-state index in [9.17, 15) is 4.79 Å². The van der Waals surface area contributed by atoms with Crippen LogP contribution in [0.3, 0.4) is 0 Å². The first-order valence-corrected chi connectivity index (χ1v) is 9.38. The number of benzene rings is 2. The van der Waals surface area contributed by atoms with E-state index in [1.165, 1.54) is 21.2 Å². The molecule has 2 heterocycles. The van der Waals surface area contributed by atoms with Crippen molar-refractivity contribution in [2.45, 2.75) is 32.2 Å². The van der Waals surface area contributed by atoms with Gasteiger partial charge in [0.15, 0.2) is 0 Å². The van der Waals surface area contributed by atoms with Crippen molar-refractivity contribution in [3.05, 3.63) is 69.9 Å². The molecular formula is C21H21NOS. The summed E-state index contributed by atoms with van der Waals surface area (Å²) in [6.07, 6.45) is 3.14. The molecule has 3 heteroatoms. The van der Waals surface area contributed by atoms with Gasteiger partial charge in [-0.25, -0.2) is 0 Å². The van der Waals surface area contributed by atoms with Crippen LogP contribution in [0.15, 0.2) is 54.6 Å². The number of nitrogens with zero attached hydrogens (tertiary/aromatic N) is 1. The van der Waals surface area contributed by atoms with Gasteiger partial charge < -0.3 is 4.90 Å². The van der Waals surface area contributed by atoms with E-state index in [0.29, 0.717) is 6.04 Å². The van der Waals surface area contributed by atoms with E-state index in [4.69, 9.17) is 0 Å². The number of carbonyl (C=O) groups is 1. The molecule has 1 aliphatic rings. The minimum absolute atomic E-state index is 0.204. The van der Waals surface area contributed by atoms with Crippen molar-refractivity contribution in [1.29, 1.82) is 0 Å². The van der Waals surface area contributed by atoms with E-state index in [1.807, 2.05) is 12.1 Å². The smallest absolute Gasteiger partial charge is 0.264 e. The number of thiophene rings is 1. The summed E-state index contributed by atoms with van der Waals surface area (Å²) in [4.78, 5) is 17.0. The van der Waals surface area contributed by atoms with Crippen LogP contribution in [-0.2, 0) is 6.42 Å². The molecule has 2 aromatic carbocycles. The van der Waals surface area contributed by atoms with Crippen LogP contribution >= 0.6 is 11.3 Å². The van der Waals surface area contributed by atoms with Gasteiger partial charge in [-0.1, -0.05) is 42.5 Å². The van der Waals surface area contributed by atoms with E-state index >= 15 is 0 Å². The van der Waals surface area contributed by atoms with Crippen LogP contribution in [0.2, 0.25) is 0 Å². The van der Waals surface area contributed by atoms with Gasteiger partial charge in [0.25, 0.3) is 5.91 Å². The Morgan fingerprint density at radius 3 is 2.79 bits per heavy atom. The molecule has 0 bridgehead atoms. The molecule has 1 saturated heterocycles. The van der Waals surface area contributed by atoms with E-state index in [2.05, 4.69) is 54.3 Å². The molecule has 1 amide bonds. The molecule has 2 nitrogen and oxygen atoms in total. The molecule has 1 aromatic heterocycles. The van der Waals surface area contributed by atoms with Crippen LogP contribution in [0, 0.1) is 6.92 Å². The zero-order valence-electron chi connectivity index (χ0n) is 13.9. The summed E-state index contributed by atoms with van der Waals surface area (Å²) >= 11 is 1.60. The molecule has 0 N–H and O–H groups in total. The quantitative estimate of drug-likeness (QED) is 0.655. The van der Waals surface area contributed by atoms with Crippen molar-refractivity contribution in [2.75, 3.05) is 6.54 Å². The minimum Gasteiger partial charge on any atom is -0.335 e. The topological polar surface area (TPSA) is 20.3 Å². The maximum absolute atomic E-state index is 12.9. The SMILES string of the molecule is Cc1ccc(C(=O)N2CCC[C@H]2Cc2cccc3ccccc23)s1. The van der Waals surface area contributed by atoms with Crippen molar-refractivity contribution in [3.63, 3.8) is 0 Å². The van der Waals surface area contributed by atoms with Gasteiger partial charge in [-0.3, -0.25) is 4.79 Å². The lowest BCUT2D eigenvalue weighted by molar-refractivity contribution is 0.0741. The molecular weight excluding hydrogens is 314 g/mol. The molecule has 4 rings (SSSR count). The zero-order valence-corrected chi connectivity index (χ0v) is 14.7. The summed E-state index contributed by atoms with van der Waals surface area (Å²) in [5.41, 5.74) is 1.35. The lowest BCUT2D eigenvalue weighted by atomic mass is 9.97. The highest BCUT2D eigenvalue weighted by Gasteiger charge is 2.30. The van der Waals surface area contributed by atoms with E-state index in [-0.39, 0.29) is 5.91 Å². The Hall–Kier alpha value is -2.13. The first-order chi connectivity index (χ1) is 11.7. The van der Waals surface area contributed by atoms with Gasteiger partial charge in [-0.2, -0.15) is 0 Å². The Labute approximate surface area is 146 Å². The van der Waals surface area contributed by atoms with Crippen LogP contribution in [-0.4, -0.2) is 23.4 Å². The molecule has 3 aromatic rings. The lowest BCUT2D eigenvalue weighted by Crippen LogP contribution is -2.36. The normalized spacial score (nSPS) is 17.5. The molecule has 0 unspecified atom stereocenters. The number of likely N-dealkylation sites (tertiary alicyclic amines) is 1. The second-order valence-corrected chi connectivity index (χ2v) is 7.84. The zero-order chi connectivity index (χ0) is 16.5.